The summed E-state index contributed by atoms with van der Waals surface area (Å²) in [4.78, 5) is 17.1. The summed E-state index contributed by atoms with van der Waals surface area (Å²) in [6.07, 6.45) is 3.20. The zero-order valence-corrected chi connectivity index (χ0v) is 11.6. The lowest BCUT2D eigenvalue weighted by Crippen LogP contribution is -2.16. The Kier molecular flexibility index (Phi) is 4.41. The SMILES string of the molecule is CC(C)c1cc(C(=O)N/N=C\c2ccccn2)cs1. The van der Waals surface area contributed by atoms with Gasteiger partial charge in [-0.3, -0.25) is 9.78 Å². The summed E-state index contributed by atoms with van der Waals surface area (Å²) in [6, 6.07) is 7.41. The summed E-state index contributed by atoms with van der Waals surface area (Å²) < 4.78 is 0. The van der Waals surface area contributed by atoms with Gasteiger partial charge in [-0.05, 0) is 24.1 Å². The van der Waals surface area contributed by atoms with Crippen LogP contribution >= 0.6 is 11.3 Å². The minimum absolute atomic E-state index is 0.199. The maximum absolute atomic E-state index is 11.8. The lowest BCUT2D eigenvalue weighted by Gasteiger charge is -1.98. The Bertz CT molecular complexity index is 575. The van der Waals surface area contributed by atoms with Crippen molar-refractivity contribution >= 4 is 23.5 Å². The standard InChI is InChI=1S/C14H15N3OS/c1-10(2)13-7-11(9-19-13)14(18)17-16-8-12-5-3-4-6-15-12/h3-10H,1-2H3,(H,17,18)/b16-8-. The first-order valence-corrected chi connectivity index (χ1v) is 6.87. The van der Waals surface area contributed by atoms with E-state index < -0.39 is 0 Å². The van der Waals surface area contributed by atoms with Gasteiger partial charge in [0, 0.05) is 16.5 Å². The number of pyridine rings is 1. The van der Waals surface area contributed by atoms with E-state index in [9.17, 15) is 4.79 Å². The van der Waals surface area contributed by atoms with Gasteiger partial charge < -0.3 is 0 Å². The normalized spacial score (nSPS) is 11.1. The second-order valence-corrected chi connectivity index (χ2v) is 5.29. The van der Waals surface area contributed by atoms with Crippen molar-refractivity contribution in [3.05, 3.63) is 52.0 Å². The number of thiophene rings is 1. The van der Waals surface area contributed by atoms with E-state index in [0.29, 0.717) is 17.2 Å². The van der Waals surface area contributed by atoms with Crippen molar-refractivity contribution in [2.75, 3.05) is 0 Å². The van der Waals surface area contributed by atoms with Gasteiger partial charge in [0.25, 0.3) is 5.91 Å². The smallest absolute Gasteiger partial charge is 0.267 e. The predicted octanol–water partition coefficient (Wildman–Crippen LogP) is 3.03. The highest BCUT2D eigenvalue weighted by atomic mass is 32.1. The Hall–Kier alpha value is -2.01. The van der Waals surface area contributed by atoms with Crippen LogP contribution < -0.4 is 5.43 Å². The average molecular weight is 273 g/mol. The molecule has 0 fully saturated rings. The molecule has 0 radical (unpaired) electrons. The number of rotatable bonds is 4. The predicted molar refractivity (Wildman–Crippen MR) is 77.7 cm³/mol. The van der Waals surface area contributed by atoms with Gasteiger partial charge in [-0.25, -0.2) is 5.43 Å². The molecule has 0 aliphatic carbocycles. The van der Waals surface area contributed by atoms with Crippen molar-refractivity contribution in [3.63, 3.8) is 0 Å². The monoisotopic (exact) mass is 273 g/mol. The fourth-order valence-corrected chi connectivity index (χ4v) is 2.35. The van der Waals surface area contributed by atoms with Gasteiger partial charge in [0.2, 0.25) is 0 Å². The largest absolute Gasteiger partial charge is 0.272 e. The number of nitrogens with zero attached hydrogens (tertiary/aromatic N) is 2. The van der Waals surface area contributed by atoms with Crippen LogP contribution in [-0.2, 0) is 0 Å². The lowest BCUT2D eigenvalue weighted by atomic mass is 10.1. The summed E-state index contributed by atoms with van der Waals surface area (Å²) in [5.74, 6) is 0.235. The molecule has 0 atom stereocenters. The summed E-state index contributed by atoms with van der Waals surface area (Å²) in [6.45, 7) is 4.21. The van der Waals surface area contributed by atoms with E-state index in [4.69, 9.17) is 0 Å². The van der Waals surface area contributed by atoms with Gasteiger partial charge in [-0.2, -0.15) is 5.10 Å². The third kappa shape index (κ3) is 3.72. The van der Waals surface area contributed by atoms with Crippen LogP contribution in [0.1, 0.15) is 40.7 Å². The third-order valence-corrected chi connectivity index (χ3v) is 3.73. The molecule has 1 N–H and O–H groups in total. The molecule has 0 aliphatic rings. The fraction of sp³-hybridized carbons (Fsp3) is 0.214. The number of hydrogen-bond donors (Lipinski definition) is 1. The van der Waals surface area contributed by atoms with Gasteiger partial charge in [0.15, 0.2) is 0 Å². The van der Waals surface area contributed by atoms with Crippen molar-refractivity contribution in [3.8, 4) is 0 Å². The van der Waals surface area contributed by atoms with Gasteiger partial charge in [0.05, 0.1) is 17.5 Å². The van der Waals surface area contributed by atoms with Crippen LogP contribution in [0.3, 0.4) is 0 Å². The number of amides is 1. The Morgan fingerprint density at radius 1 is 1.47 bits per heavy atom. The van der Waals surface area contributed by atoms with Crippen LogP contribution in [0.15, 0.2) is 40.9 Å². The molecule has 19 heavy (non-hydrogen) atoms. The molecule has 2 heterocycles. The molecule has 0 saturated carbocycles. The second kappa shape index (κ2) is 6.24. The van der Waals surface area contributed by atoms with Crippen LogP contribution in [-0.4, -0.2) is 17.1 Å². The van der Waals surface area contributed by atoms with Crippen LogP contribution in [0.5, 0.6) is 0 Å². The molecule has 2 aromatic rings. The molecular weight excluding hydrogens is 258 g/mol. The summed E-state index contributed by atoms with van der Waals surface area (Å²) in [7, 11) is 0. The van der Waals surface area contributed by atoms with E-state index in [1.54, 1.807) is 17.5 Å². The zero-order valence-electron chi connectivity index (χ0n) is 10.8. The van der Waals surface area contributed by atoms with E-state index in [2.05, 4.69) is 29.4 Å². The van der Waals surface area contributed by atoms with Crippen molar-refractivity contribution in [2.24, 2.45) is 5.10 Å². The number of aromatic nitrogens is 1. The summed E-state index contributed by atoms with van der Waals surface area (Å²) in [5.41, 5.74) is 3.85. The third-order valence-electron chi connectivity index (χ3n) is 2.50. The molecule has 1 amide bonds. The Morgan fingerprint density at radius 2 is 2.32 bits per heavy atom. The molecule has 2 aromatic heterocycles. The van der Waals surface area contributed by atoms with E-state index in [0.717, 1.165) is 0 Å². The van der Waals surface area contributed by atoms with Crippen LogP contribution in [0, 0.1) is 0 Å². The van der Waals surface area contributed by atoms with Gasteiger partial charge in [-0.1, -0.05) is 19.9 Å². The topological polar surface area (TPSA) is 54.4 Å². The number of hydrogen-bond acceptors (Lipinski definition) is 4. The average Bonchev–Trinajstić information content (AvgIpc) is 2.89. The van der Waals surface area contributed by atoms with Crippen LogP contribution in [0.2, 0.25) is 0 Å². The molecule has 0 unspecified atom stereocenters. The first-order valence-electron chi connectivity index (χ1n) is 5.99. The maximum atomic E-state index is 11.8. The van der Waals surface area contributed by atoms with Crippen LogP contribution in [0.4, 0.5) is 0 Å². The van der Waals surface area contributed by atoms with E-state index in [1.807, 2.05) is 29.6 Å². The van der Waals surface area contributed by atoms with Gasteiger partial charge in [-0.15, -0.1) is 11.3 Å². The summed E-state index contributed by atoms with van der Waals surface area (Å²) >= 11 is 1.59. The van der Waals surface area contributed by atoms with E-state index in [-0.39, 0.29) is 5.91 Å². The van der Waals surface area contributed by atoms with Crippen molar-refractivity contribution in [2.45, 2.75) is 19.8 Å². The number of carbonyl (C=O) groups excluding carboxylic acids is 1. The molecule has 0 aromatic carbocycles. The van der Waals surface area contributed by atoms with E-state index in [1.165, 1.54) is 11.1 Å². The highest BCUT2D eigenvalue weighted by Crippen LogP contribution is 2.22. The molecule has 0 bridgehead atoms. The molecular formula is C14H15N3OS. The zero-order chi connectivity index (χ0) is 13.7. The Morgan fingerprint density at radius 3 is 2.95 bits per heavy atom. The van der Waals surface area contributed by atoms with Gasteiger partial charge in [0.1, 0.15) is 0 Å². The molecule has 0 aliphatic heterocycles. The Balaban J connectivity index is 1.96. The highest BCUT2D eigenvalue weighted by Gasteiger charge is 2.09. The number of hydrazone groups is 1. The minimum atomic E-state index is -0.199. The van der Waals surface area contributed by atoms with Crippen molar-refractivity contribution in [1.29, 1.82) is 0 Å². The highest BCUT2D eigenvalue weighted by molar-refractivity contribution is 7.10. The second-order valence-electron chi connectivity index (χ2n) is 4.35. The fourth-order valence-electron chi connectivity index (χ4n) is 1.45. The molecule has 2 rings (SSSR count). The van der Waals surface area contributed by atoms with Crippen molar-refractivity contribution in [1.82, 2.24) is 10.4 Å². The molecule has 0 spiro atoms. The Labute approximate surface area is 116 Å². The number of carbonyl (C=O) groups is 1. The van der Waals surface area contributed by atoms with Crippen LogP contribution in [0.25, 0.3) is 0 Å². The molecule has 4 nitrogen and oxygen atoms in total. The molecule has 0 saturated heterocycles. The first-order chi connectivity index (χ1) is 9.16. The summed E-state index contributed by atoms with van der Waals surface area (Å²) in [5, 5.41) is 5.74. The number of nitrogens with one attached hydrogen (secondary N) is 1. The first kappa shape index (κ1) is 13.4. The molecule has 98 valence electrons. The quantitative estimate of drug-likeness (QED) is 0.687. The molecule has 5 heteroatoms. The minimum Gasteiger partial charge on any atom is -0.267 e. The maximum Gasteiger partial charge on any atom is 0.272 e. The lowest BCUT2D eigenvalue weighted by molar-refractivity contribution is 0.0955. The van der Waals surface area contributed by atoms with Gasteiger partial charge >= 0.3 is 0 Å². The van der Waals surface area contributed by atoms with Crippen molar-refractivity contribution < 1.29 is 4.79 Å². The van der Waals surface area contributed by atoms with E-state index >= 15 is 0 Å².